The highest BCUT2D eigenvalue weighted by molar-refractivity contribution is 4.99. The van der Waals surface area contributed by atoms with Crippen LogP contribution in [0.2, 0.25) is 0 Å². The highest BCUT2D eigenvalue weighted by Gasteiger charge is 2.16. The fraction of sp³-hybridized carbons (Fsp3) is 0.800. The van der Waals surface area contributed by atoms with E-state index in [-0.39, 0.29) is 6.23 Å². The van der Waals surface area contributed by atoms with Gasteiger partial charge in [-0.1, -0.05) is 0 Å². The number of hydrogen-bond acceptors (Lipinski definition) is 4. The van der Waals surface area contributed by atoms with Crippen LogP contribution in [0, 0.1) is 0 Å². The first kappa shape index (κ1) is 11.3. The molecule has 0 aliphatic carbocycles. The average molecular weight is 200 g/mol. The van der Waals surface area contributed by atoms with Crippen molar-refractivity contribution in [3.63, 3.8) is 0 Å². The van der Waals surface area contributed by atoms with Crippen molar-refractivity contribution in [1.29, 1.82) is 0 Å². The van der Waals surface area contributed by atoms with E-state index in [4.69, 9.17) is 9.47 Å². The van der Waals surface area contributed by atoms with Crippen LogP contribution < -0.4 is 5.32 Å². The van der Waals surface area contributed by atoms with Crippen molar-refractivity contribution < 1.29 is 9.47 Å². The summed E-state index contributed by atoms with van der Waals surface area (Å²) in [5, 5.41) is 3.27. The first-order valence-corrected chi connectivity index (χ1v) is 4.99. The molecule has 0 aromatic heterocycles. The molecule has 1 rings (SSSR count). The second-order valence-electron chi connectivity index (χ2n) is 3.53. The Morgan fingerprint density at radius 2 is 2.36 bits per heavy atom. The average Bonchev–Trinajstić information content (AvgIpc) is 2.15. The highest BCUT2D eigenvalue weighted by Crippen LogP contribution is 2.07. The van der Waals surface area contributed by atoms with Crippen LogP contribution in [-0.2, 0) is 9.47 Å². The summed E-state index contributed by atoms with van der Waals surface area (Å²) in [4.78, 5) is 2.10. The second kappa shape index (κ2) is 5.88. The Kier molecular flexibility index (Phi) is 4.76. The summed E-state index contributed by atoms with van der Waals surface area (Å²) >= 11 is 0. The molecule has 1 atom stereocenters. The molecule has 1 unspecified atom stereocenters. The lowest BCUT2D eigenvalue weighted by Gasteiger charge is -2.32. The largest absolute Gasteiger partial charge is 0.385 e. The van der Waals surface area contributed by atoms with Crippen molar-refractivity contribution in [1.82, 2.24) is 10.2 Å². The van der Waals surface area contributed by atoms with Gasteiger partial charge in [0, 0.05) is 32.7 Å². The molecule has 1 N–H and O–H groups in total. The van der Waals surface area contributed by atoms with Gasteiger partial charge < -0.3 is 19.7 Å². The fourth-order valence-corrected chi connectivity index (χ4v) is 1.43. The number of rotatable bonds is 5. The van der Waals surface area contributed by atoms with Gasteiger partial charge in [0.1, 0.15) is 6.23 Å². The minimum atomic E-state index is 0.149. The van der Waals surface area contributed by atoms with Crippen LogP contribution in [0.3, 0.4) is 0 Å². The summed E-state index contributed by atoms with van der Waals surface area (Å²) in [5.74, 6) is 0. The van der Waals surface area contributed by atoms with Gasteiger partial charge in [-0.05, 0) is 13.3 Å². The van der Waals surface area contributed by atoms with Gasteiger partial charge in [-0.15, -0.1) is 0 Å². The van der Waals surface area contributed by atoms with Crippen LogP contribution in [0.5, 0.6) is 0 Å². The molecule has 4 nitrogen and oxygen atoms in total. The maximum absolute atomic E-state index is 5.68. The number of allylic oxidation sites excluding steroid dienone is 1. The molecule has 0 radical (unpaired) electrons. The van der Waals surface area contributed by atoms with E-state index in [1.807, 2.05) is 7.05 Å². The Labute approximate surface area is 85.9 Å². The third kappa shape index (κ3) is 3.55. The van der Waals surface area contributed by atoms with Crippen LogP contribution >= 0.6 is 0 Å². The summed E-state index contributed by atoms with van der Waals surface area (Å²) in [7, 11) is 3.74. The lowest BCUT2D eigenvalue weighted by atomic mass is 10.3. The molecule has 14 heavy (non-hydrogen) atoms. The van der Waals surface area contributed by atoms with E-state index in [9.17, 15) is 0 Å². The monoisotopic (exact) mass is 200 g/mol. The molecule has 0 fully saturated rings. The molecule has 0 saturated carbocycles. The van der Waals surface area contributed by atoms with E-state index in [2.05, 4.69) is 23.3 Å². The molecule has 0 aromatic carbocycles. The number of likely N-dealkylation sites (N-methyl/N-ethyl adjacent to an activating group) is 1. The minimum absolute atomic E-state index is 0.149. The quantitative estimate of drug-likeness (QED) is 0.664. The lowest BCUT2D eigenvalue weighted by molar-refractivity contribution is -0.0350. The number of ether oxygens (including phenoxy) is 2. The van der Waals surface area contributed by atoms with Crippen molar-refractivity contribution in [2.24, 2.45) is 0 Å². The number of nitrogens with zero attached hydrogens (tertiary/aromatic N) is 1. The molecule has 1 aliphatic rings. The summed E-state index contributed by atoms with van der Waals surface area (Å²) in [6, 6.07) is 0. The molecule has 0 aromatic rings. The van der Waals surface area contributed by atoms with Gasteiger partial charge in [0.15, 0.2) is 0 Å². The number of hydrogen-bond donors (Lipinski definition) is 1. The van der Waals surface area contributed by atoms with E-state index >= 15 is 0 Å². The van der Waals surface area contributed by atoms with Gasteiger partial charge in [0.05, 0.1) is 13.2 Å². The molecule has 0 spiro atoms. The molecule has 0 saturated heterocycles. The summed E-state index contributed by atoms with van der Waals surface area (Å²) in [5.41, 5.74) is 1.18. The van der Waals surface area contributed by atoms with E-state index in [0.29, 0.717) is 0 Å². The van der Waals surface area contributed by atoms with Crippen molar-refractivity contribution in [3.05, 3.63) is 11.9 Å². The SMILES string of the molecule is COCCCOC1CNC(C)=CN1C. The lowest BCUT2D eigenvalue weighted by Crippen LogP contribution is -2.43. The van der Waals surface area contributed by atoms with Gasteiger partial charge in [-0.2, -0.15) is 0 Å². The number of methoxy groups -OCH3 is 1. The van der Waals surface area contributed by atoms with Crippen molar-refractivity contribution in [3.8, 4) is 0 Å². The highest BCUT2D eigenvalue weighted by atomic mass is 16.5. The van der Waals surface area contributed by atoms with Gasteiger partial charge in [0.25, 0.3) is 0 Å². The van der Waals surface area contributed by atoms with Crippen LogP contribution in [0.4, 0.5) is 0 Å². The Balaban J connectivity index is 2.19. The Morgan fingerprint density at radius 1 is 1.57 bits per heavy atom. The van der Waals surface area contributed by atoms with Gasteiger partial charge >= 0.3 is 0 Å². The van der Waals surface area contributed by atoms with E-state index < -0.39 is 0 Å². The predicted molar refractivity (Wildman–Crippen MR) is 55.8 cm³/mol. The van der Waals surface area contributed by atoms with Crippen molar-refractivity contribution in [2.45, 2.75) is 19.6 Å². The molecule has 0 bridgehead atoms. The Bertz CT molecular complexity index is 195. The molecule has 4 heteroatoms. The molecular weight excluding hydrogens is 180 g/mol. The molecule has 82 valence electrons. The standard InChI is InChI=1S/C10H20N2O2/c1-9-8-12(2)10(7-11-9)14-6-4-5-13-3/h8,10-11H,4-7H2,1-3H3. The second-order valence-corrected chi connectivity index (χ2v) is 3.53. The van der Waals surface area contributed by atoms with E-state index in [1.54, 1.807) is 7.11 Å². The first-order valence-electron chi connectivity index (χ1n) is 4.99. The topological polar surface area (TPSA) is 33.7 Å². The van der Waals surface area contributed by atoms with Crippen LogP contribution in [0.15, 0.2) is 11.9 Å². The fourth-order valence-electron chi connectivity index (χ4n) is 1.43. The zero-order valence-corrected chi connectivity index (χ0v) is 9.25. The maximum atomic E-state index is 5.68. The summed E-state index contributed by atoms with van der Waals surface area (Å²) < 4.78 is 10.6. The van der Waals surface area contributed by atoms with Crippen molar-refractivity contribution in [2.75, 3.05) is 33.9 Å². The maximum Gasteiger partial charge on any atom is 0.146 e. The summed E-state index contributed by atoms with van der Waals surface area (Å²) in [6.45, 7) is 4.42. The minimum Gasteiger partial charge on any atom is -0.385 e. The van der Waals surface area contributed by atoms with Crippen molar-refractivity contribution >= 4 is 0 Å². The zero-order valence-electron chi connectivity index (χ0n) is 9.25. The van der Waals surface area contributed by atoms with Crippen LogP contribution in [0.25, 0.3) is 0 Å². The zero-order chi connectivity index (χ0) is 10.4. The molecule has 1 heterocycles. The molecule has 1 aliphatic heterocycles. The van der Waals surface area contributed by atoms with Gasteiger partial charge in [-0.3, -0.25) is 0 Å². The smallest absolute Gasteiger partial charge is 0.146 e. The van der Waals surface area contributed by atoms with E-state index in [0.717, 1.165) is 26.2 Å². The molecule has 0 amide bonds. The first-order chi connectivity index (χ1) is 6.74. The van der Waals surface area contributed by atoms with Gasteiger partial charge in [0.2, 0.25) is 0 Å². The normalized spacial score (nSPS) is 21.8. The van der Waals surface area contributed by atoms with E-state index in [1.165, 1.54) is 5.70 Å². The third-order valence-electron chi connectivity index (χ3n) is 2.21. The number of nitrogens with one attached hydrogen (secondary N) is 1. The predicted octanol–water partition coefficient (Wildman–Crippen LogP) is 0.762. The Morgan fingerprint density at radius 3 is 3.00 bits per heavy atom. The Hall–Kier alpha value is -0.740. The molecular formula is C10H20N2O2. The van der Waals surface area contributed by atoms with Crippen LogP contribution in [0.1, 0.15) is 13.3 Å². The third-order valence-corrected chi connectivity index (χ3v) is 2.21. The van der Waals surface area contributed by atoms with Gasteiger partial charge in [-0.25, -0.2) is 0 Å². The van der Waals surface area contributed by atoms with Crippen LogP contribution in [-0.4, -0.2) is 45.0 Å². The summed E-state index contributed by atoms with van der Waals surface area (Å²) in [6.07, 6.45) is 3.16.